The Labute approximate surface area is 91.5 Å². The molecule has 0 radical (unpaired) electrons. The Kier molecular flexibility index (Phi) is 4.17. The normalized spacial score (nSPS) is 11.5. The number of nitrogens with zero attached hydrogens (tertiary/aromatic N) is 1. The highest BCUT2D eigenvalue weighted by Crippen LogP contribution is 2.22. The number of anilines is 1. The van der Waals surface area contributed by atoms with E-state index in [1.807, 2.05) is 0 Å². The summed E-state index contributed by atoms with van der Waals surface area (Å²) in [6.45, 7) is 0.460. The fourth-order valence-corrected chi connectivity index (χ4v) is 1.24. The lowest BCUT2D eigenvalue weighted by molar-refractivity contribution is 0.317. The van der Waals surface area contributed by atoms with Crippen LogP contribution in [0.15, 0.2) is 23.4 Å². The van der Waals surface area contributed by atoms with Crippen LogP contribution < -0.4 is 11.1 Å². The molecule has 1 aromatic carbocycles. The molecule has 0 amide bonds. The first-order chi connectivity index (χ1) is 7.13. The molecule has 0 bridgehead atoms. The van der Waals surface area contributed by atoms with Gasteiger partial charge in [-0.05, 0) is 18.2 Å². The van der Waals surface area contributed by atoms with Crippen LogP contribution in [0.1, 0.15) is 6.42 Å². The van der Waals surface area contributed by atoms with E-state index in [2.05, 4.69) is 10.5 Å². The molecule has 0 saturated carbocycles. The summed E-state index contributed by atoms with van der Waals surface area (Å²) in [5.74, 6) is -0.261. The minimum atomic E-state index is -0.387. The Balaban J connectivity index is 2.51. The van der Waals surface area contributed by atoms with Crippen molar-refractivity contribution >= 4 is 23.1 Å². The van der Waals surface area contributed by atoms with Gasteiger partial charge in [-0.15, -0.1) is 0 Å². The van der Waals surface area contributed by atoms with Crippen LogP contribution in [-0.4, -0.2) is 17.6 Å². The minimum absolute atomic E-state index is 0.126. The fourth-order valence-electron chi connectivity index (χ4n) is 1.01. The zero-order chi connectivity index (χ0) is 11.3. The van der Waals surface area contributed by atoms with E-state index >= 15 is 0 Å². The molecule has 0 fully saturated rings. The van der Waals surface area contributed by atoms with Crippen molar-refractivity contribution in [1.82, 2.24) is 0 Å². The van der Waals surface area contributed by atoms with Crippen LogP contribution >= 0.6 is 11.6 Å². The molecule has 0 unspecified atom stereocenters. The summed E-state index contributed by atoms with van der Waals surface area (Å²) in [6.07, 6.45) is 0.379. The van der Waals surface area contributed by atoms with E-state index in [4.69, 9.17) is 22.5 Å². The summed E-state index contributed by atoms with van der Waals surface area (Å²) in [5.41, 5.74) is 5.88. The zero-order valence-electron chi connectivity index (χ0n) is 7.87. The number of amidine groups is 1. The van der Waals surface area contributed by atoms with Crippen LogP contribution in [0.4, 0.5) is 10.1 Å². The third-order valence-electron chi connectivity index (χ3n) is 1.76. The fraction of sp³-hybridized carbons (Fsp3) is 0.222. The van der Waals surface area contributed by atoms with Crippen LogP contribution in [-0.2, 0) is 0 Å². The lowest BCUT2D eigenvalue weighted by Gasteiger charge is -2.07. The minimum Gasteiger partial charge on any atom is -0.409 e. The van der Waals surface area contributed by atoms with Crippen LogP contribution in [0.25, 0.3) is 0 Å². The summed E-state index contributed by atoms with van der Waals surface area (Å²) < 4.78 is 12.7. The number of rotatable bonds is 4. The number of halogens is 2. The first kappa shape index (κ1) is 11.6. The van der Waals surface area contributed by atoms with Gasteiger partial charge in [0.15, 0.2) is 0 Å². The van der Waals surface area contributed by atoms with Crippen molar-refractivity contribution in [1.29, 1.82) is 0 Å². The first-order valence-electron chi connectivity index (χ1n) is 4.29. The topological polar surface area (TPSA) is 70.6 Å². The van der Waals surface area contributed by atoms with Gasteiger partial charge >= 0.3 is 0 Å². The molecular formula is C9H11ClFN3O. The van der Waals surface area contributed by atoms with E-state index in [1.165, 1.54) is 18.2 Å². The molecule has 0 aliphatic carbocycles. The molecule has 0 spiro atoms. The van der Waals surface area contributed by atoms with Gasteiger partial charge in [0.25, 0.3) is 0 Å². The summed E-state index contributed by atoms with van der Waals surface area (Å²) in [6, 6.07) is 4.05. The Hall–Kier alpha value is -1.49. The van der Waals surface area contributed by atoms with Crippen molar-refractivity contribution in [3.05, 3.63) is 29.0 Å². The smallest absolute Gasteiger partial charge is 0.140 e. The van der Waals surface area contributed by atoms with E-state index in [9.17, 15) is 4.39 Å². The lowest BCUT2D eigenvalue weighted by atomic mass is 10.3. The van der Waals surface area contributed by atoms with Gasteiger partial charge in [-0.2, -0.15) is 0 Å². The van der Waals surface area contributed by atoms with Crippen molar-refractivity contribution in [3.63, 3.8) is 0 Å². The van der Waals surface area contributed by atoms with Gasteiger partial charge in [-0.1, -0.05) is 16.8 Å². The van der Waals surface area contributed by atoms with E-state index in [0.717, 1.165) is 0 Å². The average Bonchev–Trinajstić information content (AvgIpc) is 2.21. The van der Waals surface area contributed by atoms with Gasteiger partial charge in [0.2, 0.25) is 0 Å². The molecule has 6 heteroatoms. The largest absolute Gasteiger partial charge is 0.409 e. The molecule has 1 aromatic rings. The molecule has 15 heavy (non-hydrogen) atoms. The molecule has 82 valence electrons. The molecule has 4 nitrogen and oxygen atoms in total. The summed E-state index contributed by atoms with van der Waals surface area (Å²) in [7, 11) is 0. The highest BCUT2D eigenvalue weighted by Gasteiger charge is 2.01. The Morgan fingerprint density at radius 3 is 2.93 bits per heavy atom. The number of benzene rings is 1. The molecule has 0 atom stereocenters. The van der Waals surface area contributed by atoms with Gasteiger partial charge in [-0.25, -0.2) is 4.39 Å². The van der Waals surface area contributed by atoms with Crippen LogP contribution in [0.2, 0.25) is 5.02 Å². The van der Waals surface area contributed by atoms with Gasteiger partial charge in [0.05, 0.1) is 10.7 Å². The number of nitrogens with one attached hydrogen (secondary N) is 1. The molecule has 0 aliphatic heterocycles. The average molecular weight is 232 g/mol. The lowest BCUT2D eigenvalue weighted by Crippen LogP contribution is -2.16. The van der Waals surface area contributed by atoms with Crippen LogP contribution in [0.3, 0.4) is 0 Å². The molecule has 0 aromatic heterocycles. The van der Waals surface area contributed by atoms with E-state index in [1.54, 1.807) is 0 Å². The standard InChI is InChI=1S/C9H11ClFN3O/c10-7-5-6(11)1-2-8(7)13-4-3-9(12)14-15/h1-2,5,13,15H,3-4H2,(H2,12,14). The number of hydrogen-bond donors (Lipinski definition) is 3. The van der Waals surface area contributed by atoms with Gasteiger partial charge < -0.3 is 16.3 Å². The van der Waals surface area contributed by atoms with Crippen LogP contribution in [0, 0.1) is 5.82 Å². The maximum atomic E-state index is 12.7. The zero-order valence-corrected chi connectivity index (χ0v) is 8.63. The van der Waals surface area contributed by atoms with Gasteiger partial charge in [-0.3, -0.25) is 0 Å². The van der Waals surface area contributed by atoms with Crippen molar-refractivity contribution < 1.29 is 9.60 Å². The second kappa shape index (κ2) is 5.41. The quantitative estimate of drug-likeness (QED) is 0.321. The molecule has 0 aliphatic rings. The summed E-state index contributed by atoms with van der Waals surface area (Å²) in [5, 5.41) is 14.3. The van der Waals surface area contributed by atoms with Crippen molar-refractivity contribution in [3.8, 4) is 0 Å². The maximum Gasteiger partial charge on any atom is 0.140 e. The molecular weight excluding hydrogens is 221 g/mol. The van der Waals surface area contributed by atoms with Crippen molar-refractivity contribution in [2.45, 2.75) is 6.42 Å². The number of hydrogen-bond acceptors (Lipinski definition) is 3. The maximum absolute atomic E-state index is 12.7. The van der Waals surface area contributed by atoms with Gasteiger partial charge in [0, 0.05) is 13.0 Å². The predicted octanol–water partition coefficient (Wildman–Crippen LogP) is 2.03. The van der Waals surface area contributed by atoms with Crippen molar-refractivity contribution in [2.75, 3.05) is 11.9 Å². The SMILES string of the molecule is NC(CCNc1ccc(F)cc1Cl)=NO. The third kappa shape index (κ3) is 3.63. The highest BCUT2D eigenvalue weighted by atomic mass is 35.5. The van der Waals surface area contributed by atoms with Crippen molar-refractivity contribution in [2.24, 2.45) is 10.9 Å². The predicted molar refractivity (Wildman–Crippen MR) is 57.9 cm³/mol. The molecule has 0 saturated heterocycles. The monoisotopic (exact) mass is 231 g/mol. The Morgan fingerprint density at radius 2 is 2.33 bits per heavy atom. The Bertz CT molecular complexity index is 370. The van der Waals surface area contributed by atoms with E-state index < -0.39 is 0 Å². The Morgan fingerprint density at radius 1 is 1.60 bits per heavy atom. The summed E-state index contributed by atoms with van der Waals surface area (Å²) >= 11 is 5.77. The molecule has 4 N–H and O–H groups in total. The highest BCUT2D eigenvalue weighted by molar-refractivity contribution is 6.33. The summed E-state index contributed by atoms with van der Waals surface area (Å²) in [4.78, 5) is 0. The second-order valence-electron chi connectivity index (χ2n) is 2.89. The third-order valence-corrected chi connectivity index (χ3v) is 2.07. The van der Waals surface area contributed by atoms with Crippen LogP contribution in [0.5, 0.6) is 0 Å². The molecule has 1 rings (SSSR count). The number of nitrogens with two attached hydrogens (primary N) is 1. The first-order valence-corrected chi connectivity index (χ1v) is 4.66. The van der Waals surface area contributed by atoms with Gasteiger partial charge in [0.1, 0.15) is 11.7 Å². The van der Waals surface area contributed by atoms with E-state index in [-0.39, 0.29) is 11.7 Å². The van der Waals surface area contributed by atoms with E-state index in [0.29, 0.717) is 23.7 Å². The second-order valence-corrected chi connectivity index (χ2v) is 3.30. The number of oxime groups is 1. The molecule has 0 heterocycles.